The van der Waals surface area contributed by atoms with Gasteiger partial charge in [0.25, 0.3) is 0 Å². The van der Waals surface area contributed by atoms with Gasteiger partial charge in [-0.15, -0.1) is 0 Å². The first-order valence-corrected chi connectivity index (χ1v) is 5.38. The molecule has 16 heavy (non-hydrogen) atoms. The average Bonchev–Trinajstić information content (AvgIpc) is 2.28. The molecule has 0 aliphatic heterocycles. The number of nitriles is 1. The van der Waals surface area contributed by atoms with Crippen LogP contribution in [0.2, 0.25) is 0 Å². The van der Waals surface area contributed by atoms with Crippen molar-refractivity contribution in [2.45, 2.75) is 19.3 Å². The quantitative estimate of drug-likeness (QED) is 0.754. The maximum atomic E-state index is 11.1. The van der Waals surface area contributed by atoms with Crippen LogP contribution in [0.1, 0.15) is 30.4 Å². The predicted molar refractivity (Wildman–Crippen MR) is 62.6 cm³/mol. The van der Waals surface area contributed by atoms with E-state index in [0.29, 0.717) is 6.42 Å². The van der Waals surface area contributed by atoms with Crippen molar-refractivity contribution in [1.82, 2.24) is 0 Å². The van der Waals surface area contributed by atoms with Gasteiger partial charge in [0.1, 0.15) is 5.78 Å². The molecule has 0 saturated carbocycles. The molecule has 2 heteroatoms. The summed E-state index contributed by atoms with van der Waals surface area (Å²) in [5, 5.41) is 9.23. The van der Waals surface area contributed by atoms with Crippen LogP contribution in [-0.4, -0.2) is 5.78 Å². The number of rotatable bonds is 2. The number of hydrogen-bond acceptors (Lipinski definition) is 2. The lowest BCUT2D eigenvalue weighted by atomic mass is 9.78. The van der Waals surface area contributed by atoms with Gasteiger partial charge in [-0.2, -0.15) is 5.26 Å². The normalized spacial score (nSPS) is 22.2. The summed E-state index contributed by atoms with van der Waals surface area (Å²) in [4.78, 5) is 11.1. The highest BCUT2D eigenvalue weighted by atomic mass is 16.1. The van der Waals surface area contributed by atoms with E-state index in [0.717, 1.165) is 11.1 Å². The number of nitrogens with zero attached hydrogens (tertiary/aromatic N) is 1. The number of carbonyl (C=O) groups is 1. The summed E-state index contributed by atoms with van der Waals surface area (Å²) in [6.45, 7) is 1.57. The molecule has 0 spiro atoms. The Labute approximate surface area is 95.2 Å². The number of hydrogen-bond donors (Lipinski definition) is 0. The SMILES string of the molecule is CC(=O)CC1C=Cc2ccccc2C1C#N. The van der Waals surface area contributed by atoms with Crippen LogP contribution < -0.4 is 0 Å². The highest BCUT2D eigenvalue weighted by Gasteiger charge is 2.26. The predicted octanol–water partition coefficient (Wildman–Crippen LogP) is 2.92. The lowest BCUT2D eigenvalue weighted by Gasteiger charge is -2.23. The molecule has 1 aliphatic carbocycles. The van der Waals surface area contributed by atoms with Crippen LogP contribution in [0, 0.1) is 17.2 Å². The maximum Gasteiger partial charge on any atom is 0.130 e. The first kappa shape index (κ1) is 10.6. The van der Waals surface area contributed by atoms with E-state index in [4.69, 9.17) is 0 Å². The fraction of sp³-hybridized carbons (Fsp3) is 0.286. The summed E-state index contributed by atoms with van der Waals surface area (Å²) in [5.41, 5.74) is 2.13. The fourth-order valence-corrected chi connectivity index (χ4v) is 2.20. The van der Waals surface area contributed by atoms with Crippen molar-refractivity contribution in [3.8, 4) is 6.07 Å². The Morgan fingerprint density at radius 2 is 2.19 bits per heavy atom. The monoisotopic (exact) mass is 211 g/mol. The number of benzene rings is 1. The van der Waals surface area contributed by atoms with Gasteiger partial charge in [0.2, 0.25) is 0 Å². The first-order chi connectivity index (χ1) is 7.72. The summed E-state index contributed by atoms with van der Waals surface area (Å²) >= 11 is 0. The molecule has 1 aliphatic rings. The molecule has 1 aromatic carbocycles. The van der Waals surface area contributed by atoms with E-state index in [1.807, 2.05) is 36.4 Å². The topological polar surface area (TPSA) is 40.9 Å². The van der Waals surface area contributed by atoms with Crippen LogP contribution in [0.25, 0.3) is 6.08 Å². The molecule has 0 bridgehead atoms. The van der Waals surface area contributed by atoms with E-state index >= 15 is 0 Å². The second-order valence-electron chi connectivity index (χ2n) is 4.16. The van der Waals surface area contributed by atoms with Crippen molar-refractivity contribution < 1.29 is 4.79 Å². The van der Waals surface area contributed by atoms with E-state index in [1.165, 1.54) is 0 Å². The van der Waals surface area contributed by atoms with Gasteiger partial charge in [-0.25, -0.2) is 0 Å². The third-order valence-electron chi connectivity index (χ3n) is 2.94. The van der Waals surface area contributed by atoms with Gasteiger partial charge >= 0.3 is 0 Å². The fourth-order valence-electron chi connectivity index (χ4n) is 2.20. The van der Waals surface area contributed by atoms with Gasteiger partial charge in [-0.1, -0.05) is 36.4 Å². The summed E-state index contributed by atoms with van der Waals surface area (Å²) in [7, 11) is 0. The summed E-state index contributed by atoms with van der Waals surface area (Å²) in [6, 6.07) is 10.2. The first-order valence-electron chi connectivity index (χ1n) is 5.38. The highest BCUT2D eigenvalue weighted by Crippen LogP contribution is 2.35. The molecule has 2 unspecified atom stereocenters. The second-order valence-corrected chi connectivity index (χ2v) is 4.16. The molecule has 0 amide bonds. The van der Waals surface area contributed by atoms with Crippen molar-refractivity contribution in [3.05, 3.63) is 41.5 Å². The molecule has 0 radical (unpaired) electrons. The molecule has 0 saturated heterocycles. The van der Waals surface area contributed by atoms with Crippen LogP contribution in [-0.2, 0) is 4.79 Å². The molecule has 0 aromatic heterocycles. The summed E-state index contributed by atoms with van der Waals surface area (Å²) in [6.07, 6.45) is 4.44. The molecule has 2 rings (SSSR count). The maximum absolute atomic E-state index is 11.1. The van der Waals surface area contributed by atoms with Gasteiger partial charge in [-0.3, -0.25) is 0 Å². The molecule has 2 nitrogen and oxygen atoms in total. The number of allylic oxidation sites excluding steroid dienone is 1. The van der Waals surface area contributed by atoms with E-state index in [9.17, 15) is 10.1 Å². The van der Waals surface area contributed by atoms with Gasteiger partial charge in [-0.05, 0) is 18.1 Å². The third kappa shape index (κ3) is 1.90. The number of ketones is 1. The number of Topliss-reactive ketones (excluding diaryl/α,β-unsaturated/α-hetero) is 1. The van der Waals surface area contributed by atoms with Crippen molar-refractivity contribution in [3.63, 3.8) is 0 Å². The Kier molecular flexibility index (Phi) is 2.87. The summed E-state index contributed by atoms with van der Waals surface area (Å²) < 4.78 is 0. The van der Waals surface area contributed by atoms with Crippen LogP contribution in [0.5, 0.6) is 0 Å². The Balaban J connectivity index is 2.37. The van der Waals surface area contributed by atoms with Crippen LogP contribution in [0.15, 0.2) is 30.3 Å². The van der Waals surface area contributed by atoms with Gasteiger partial charge < -0.3 is 4.79 Å². The van der Waals surface area contributed by atoms with E-state index in [1.54, 1.807) is 6.92 Å². The molecule has 0 fully saturated rings. The minimum absolute atomic E-state index is 0.0254. The van der Waals surface area contributed by atoms with E-state index in [-0.39, 0.29) is 17.6 Å². The Morgan fingerprint density at radius 1 is 1.44 bits per heavy atom. The standard InChI is InChI=1S/C14H13NO/c1-10(16)8-12-7-6-11-4-2-3-5-13(11)14(12)9-15/h2-7,12,14H,8H2,1H3. The zero-order chi connectivity index (χ0) is 11.5. The largest absolute Gasteiger partial charge is 0.300 e. The van der Waals surface area contributed by atoms with E-state index in [2.05, 4.69) is 6.07 Å². The minimum Gasteiger partial charge on any atom is -0.300 e. The lowest BCUT2D eigenvalue weighted by molar-refractivity contribution is -0.117. The highest BCUT2D eigenvalue weighted by molar-refractivity contribution is 5.77. The molecular weight excluding hydrogens is 198 g/mol. The Bertz CT molecular complexity index is 482. The van der Waals surface area contributed by atoms with Crippen LogP contribution >= 0.6 is 0 Å². The number of carbonyl (C=O) groups excluding carboxylic acids is 1. The van der Waals surface area contributed by atoms with Crippen LogP contribution in [0.3, 0.4) is 0 Å². The molecule has 80 valence electrons. The minimum atomic E-state index is -0.190. The Hall–Kier alpha value is -1.88. The lowest BCUT2D eigenvalue weighted by Crippen LogP contribution is -2.16. The Morgan fingerprint density at radius 3 is 2.88 bits per heavy atom. The average molecular weight is 211 g/mol. The third-order valence-corrected chi connectivity index (χ3v) is 2.94. The molecule has 2 atom stereocenters. The zero-order valence-corrected chi connectivity index (χ0v) is 9.18. The summed E-state index contributed by atoms with van der Waals surface area (Å²) in [5.74, 6) is -0.0308. The van der Waals surface area contributed by atoms with Gasteiger partial charge in [0.15, 0.2) is 0 Å². The molecule has 0 N–H and O–H groups in total. The molecular formula is C14H13NO. The van der Waals surface area contributed by atoms with E-state index < -0.39 is 0 Å². The zero-order valence-electron chi connectivity index (χ0n) is 9.18. The second kappa shape index (κ2) is 4.32. The van der Waals surface area contributed by atoms with Crippen molar-refractivity contribution >= 4 is 11.9 Å². The van der Waals surface area contributed by atoms with Gasteiger partial charge in [0.05, 0.1) is 12.0 Å². The van der Waals surface area contributed by atoms with Gasteiger partial charge in [0, 0.05) is 12.3 Å². The molecule has 0 heterocycles. The smallest absolute Gasteiger partial charge is 0.130 e. The van der Waals surface area contributed by atoms with Crippen molar-refractivity contribution in [1.29, 1.82) is 5.26 Å². The molecule has 1 aromatic rings. The van der Waals surface area contributed by atoms with Crippen molar-refractivity contribution in [2.75, 3.05) is 0 Å². The van der Waals surface area contributed by atoms with Crippen LogP contribution in [0.4, 0.5) is 0 Å². The van der Waals surface area contributed by atoms with Crippen molar-refractivity contribution in [2.24, 2.45) is 5.92 Å². The number of fused-ring (bicyclic) bond motifs is 1.